The molecule has 6 aromatic rings. The van der Waals surface area contributed by atoms with Gasteiger partial charge in [-0.25, -0.2) is 36.8 Å². The molecule has 6 atom stereocenters. The van der Waals surface area contributed by atoms with Gasteiger partial charge in [-0.1, -0.05) is 35.3 Å². The summed E-state index contributed by atoms with van der Waals surface area (Å²) in [5.41, 5.74) is 1.01. The maximum Gasteiger partial charge on any atom is 0.167 e. The molecule has 0 saturated carbocycles. The summed E-state index contributed by atoms with van der Waals surface area (Å²) in [7, 11) is 1.26. The van der Waals surface area contributed by atoms with Crippen molar-refractivity contribution in [1.82, 2.24) is 49.5 Å². The van der Waals surface area contributed by atoms with E-state index >= 15 is 0 Å². The number of rotatable bonds is 20. The molecule has 8 rings (SSSR count). The van der Waals surface area contributed by atoms with Crippen molar-refractivity contribution in [2.24, 2.45) is 0 Å². The second kappa shape index (κ2) is 25.3. The Bertz CT molecular complexity index is 2780. The zero-order valence-electron chi connectivity index (χ0n) is 42.3. The molecule has 2 fully saturated rings. The number of aromatic nitrogens is 10. The molecule has 400 valence electrons. The standard InChI is InChI=1S/2C24H30ClN5O6S/c2*1-15(22(35-4)23-26-12-16(25)13-27-23)37(31,32)14-20-28-29-24(19-8-5-6-11-36-19)30(20)21-17(33-2)9-7-10-18(21)34-3/h2*7,9-10,12-13,15,19,22H,5-6,8,11,14H2,1-4H3/t15-,19+,22-;15-,19-,22-/m00/s1. The van der Waals surface area contributed by atoms with Crippen molar-refractivity contribution in [3.8, 4) is 34.4 Å². The number of hydrogen-bond donors (Lipinski definition) is 0. The summed E-state index contributed by atoms with van der Waals surface area (Å²) in [6, 6.07) is 10.6. The SMILES string of the molecule is COc1cccc(OC)c1-n1c(CS(=O)(=O)[C@@H](C)[C@H](OC)c2ncc(Cl)cn2)nnc1[C@@H]1CCCCO1.COc1cccc(OC)c1-n1c(CS(=O)(=O)[C@@H](C)[C@H](OC)c2ncc(Cl)cn2)nnc1[C@H]1CCCCO1. The van der Waals surface area contributed by atoms with Crippen molar-refractivity contribution in [3.05, 3.63) is 106 Å². The van der Waals surface area contributed by atoms with Crippen LogP contribution in [-0.4, -0.2) is 133 Å². The molecule has 4 aromatic heterocycles. The number of sulfone groups is 2. The average Bonchev–Trinajstić information content (AvgIpc) is 4.03. The summed E-state index contributed by atoms with van der Waals surface area (Å²) in [5.74, 6) is 2.87. The molecule has 0 N–H and O–H groups in total. The molecule has 0 spiro atoms. The number of hydrogen-bond acceptors (Lipinski definition) is 20. The van der Waals surface area contributed by atoms with E-state index in [0.29, 0.717) is 69.3 Å². The van der Waals surface area contributed by atoms with Crippen LogP contribution >= 0.6 is 23.2 Å². The molecular formula is C48H60Cl2N10O12S2. The average molecular weight is 1100 g/mol. The van der Waals surface area contributed by atoms with Crippen molar-refractivity contribution in [3.63, 3.8) is 0 Å². The molecule has 0 amide bonds. The largest absolute Gasteiger partial charge is 0.494 e. The third-order valence-corrected chi connectivity index (χ3v) is 17.1. The summed E-state index contributed by atoms with van der Waals surface area (Å²) in [4.78, 5) is 16.6. The molecule has 2 saturated heterocycles. The molecule has 22 nitrogen and oxygen atoms in total. The van der Waals surface area contributed by atoms with E-state index < -0.39 is 53.9 Å². The van der Waals surface area contributed by atoms with Crippen LogP contribution in [0.5, 0.6) is 23.0 Å². The maximum absolute atomic E-state index is 13.7. The van der Waals surface area contributed by atoms with Gasteiger partial charge in [-0.3, -0.25) is 9.13 Å². The molecule has 0 radical (unpaired) electrons. The van der Waals surface area contributed by atoms with Crippen molar-refractivity contribution in [2.75, 3.05) is 55.9 Å². The monoisotopic (exact) mass is 1100 g/mol. The fourth-order valence-corrected chi connectivity index (χ4v) is 11.7. The Morgan fingerprint density at radius 1 is 0.554 bits per heavy atom. The topological polar surface area (TPSA) is 255 Å². The molecule has 74 heavy (non-hydrogen) atoms. The summed E-state index contributed by atoms with van der Waals surface area (Å²) >= 11 is 11.8. The third kappa shape index (κ3) is 12.6. The van der Waals surface area contributed by atoms with Gasteiger partial charge in [0.2, 0.25) is 0 Å². The van der Waals surface area contributed by atoms with E-state index in [1.807, 2.05) is 0 Å². The zero-order chi connectivity index (χ0) is 53.2. The van der Waals surface area contributed by atoms with Crippen LogP contribution in [0.2, 0.25) is 10.0 Å². The number of methoxy groups -OCH3 is 6. The molecule has 2 aliphatic heterocycles. The first-order valence-corrected chi connectivity index (χ1v) is 27.8. The fourth-order valence-electron chi connectivity index (χ4n) is 8.70. The van der Waals surface area contributed by atoms with E-state index in [4.69, 9.17) is 61.1 Å². The highest BCUT2D eigenvalue weighted by Crippen LogP contribution is 2.40. The van der Waals surface area contributed by atoms with Crippen LogP contribution in [0.3, 0.4) is 0 Å². The third-order valence-electron chi connectivity index (χ3n) is 12.6. The van der Waals surface area contributed by atoms with Crippen molar-refractivity contribution < 1.29 is 54.7 Å². The predicted molar refractivity (Wildman–Crippen MR) is 272 cm³/mol. The molecule has 6 heterocycles. The first kappa shape index (κ1) is 56.1. The number of benzene rings is 2. The number of halogens is 2. The summed E-state index contributed by atoms with van der Waals surface area (Å²) in [6.07, 6.45) is 8.36. The highest BCUT2D eigenvalue weighted by atomic mass is 35.5. The van der Waals surface area contributed by atoms with Crippen LogP contribution < -0.4 is 18.9 Å². The van der Waals surface area contributed by atoms with Crippen LogP contribution in [0.15, 0.2) is 61.2 Å². The Morgan fingerprint density at radius 2 is 0.892 bits per heavy atom. The normalized spacial score (nSPS) is 17.8. The van der Waals surface area contributed by atoms with Gasteiger partial charge >= 0.3 is 0 Å². The summed E-state index contributed by atoms with van der Waals surface area (Å²) in [5, 5.41) is 16.1. The minimum atomic E-state index is -3.85. The molecule has 0 aliphatic carbocycles. The van der Waals surface area contributed by atoms with E-state index in [1.54, 1.807) is 59.4 Å². The van der Waals surface area contributed by atoms with Gasteiger partial charge < -0.3 is 37.9 Å². The minimum absolute atomic E-state index is 0.200. The van der Waals surface area contributed by atoms with Gasteiger partial charge in [0.05, 0.1) is 49.0 Å². The predicted octanol–water partition coefficient (Wildman–Crippen LogP) is 7.32. The smallest absolute Gasteiger partial charge is 0.167 e. The van der Waals surface area contributed by atoms with Gasteiger partial charge in [0.25, 0.3) is 0 Å². The second-order valence-electron chi connectivity index (χ2n) is 17.2. The van der Waals surface area contributed by atoms with Gasteiger partial charge in [-0.15, -0.1) is 20.4 Å². The lowest BCUT2D eigenvalue weighted by atomic mass is 10.1. The van der Waals surface area contributed by atoms with Gasteiger partial charge in [-0.2, -0.15) is 0 Å². The minimum Gasteiger partial charge on any atom is -0.494 e. The lowest BCUT2D eigenvalue weighted by Crippen LogP contribution is -2.30. The van der Waals surface area contributed by atoms with Crippen LogP contribution in [-0.2, 0) is 50.1 Å². The molecule has 26 heteroatoms. The number of para-hydroxylation sites is 2. The summed E-state index contributed by atoms with van der Waals surface area (Å²) in [6.45, 7) is 4.28. The van der Waals surface area contributed by atoms with Gasteiger partial charge in [0, 0.05) is 52.2 Å². The van der Waals surface area contributed by atoms with E-state index in [0.717, 1.165) is 38.5 Å². The van der Waals surface area contributed by atoms with E-state index in [9.17, 15) is 16.8 Å². The molecule has 0 unspecified atom stereocenters. The van der Waals surface area contributed by atoms with Crippen LogP contribution in [0.1, 0.15) is 112 Å². The lowest BCUT2D eigenvalue weighted by molar-refractivity contribution is 0.00820. The highest BCUT2D eigenvalue weighted by Gasteiger charge is 2.38. The Kier molecular flexibility index (Phi) is 19.2. The summed E-state index contributed by atoms with van der Waals surface area (Å²) < 4.78 is 104. The first-order valence-electron chi connectivity index (χ1n) is 23.6. The van der Waals surface area contributed by atoms with Gasteiger partial charge in [0.15, 0.2) is 54.6 Å². The van der Waals surface area contributed by atoms with Gasteiger partial charge in [0.1, 0.15) is 70.3 Å². The molecule has 2 aromatic carbocycles. The van der Waals surface area contributed by atoms with Crippen LogP contribution in [0.25, 0.3) is 11.4 Å². The number of nitrogens with zero attached hydrogens (tertiary/aromatic N) is 10. The Labute approximate surface area is 440 Å². The fraction of sp³-hybridized carbons (Fsp3) is 0.500. The van der Waals surface area contributed by atoms with Crippen LogP contribution in [0.4, 0.5) is 0 Å². The molecular weight excluding hydrogens is 1040 g/mol. The quantitative estimate of drug-likeness (QED) is 0.0725. The van der Waals surface area contributed by atoms with E-state index in [2.05, 4.69) is 40.3 Å². The molecule has 0 bridgehead atoms. The molecule has 2 aliphatic rings. The second-order valence-corrected chi connectivity index (χ2v) is 22.8. The lowest BCUT2D eigenvalue weighted by Gasteiger charge is -2.25. The Balaban J connectivity index is 0.000000216. The zero-order valence-corrected chi connectivity index (χ0v) is 45.4. The Morgan fingerprint density at radius 3 is 1.18 bits per heavy atom. The first-order chi connectivity index (χ1) is 35.6. The van der Waals surface area contributed by atoms with Crippen molar-refractivity contribution >= 4 is 42.9 Å². The highest BCUT2D eigenvalue weighted by molar-refractivity contribution is 7.91. The van der Waals surface area contributed by atoms with Crippen LogP contribution in [0, 0.1) is 0 Å². The maximum atomic E-state index is 13.7. The van der Waals surface area contributed by atoms with E-state index in [1.165, 1.54) is 67.4 Å². The van der Waals surface area contributed by atoms with Crippen molar-refractivity contribution in [1.29, 1.82) is 0 Å². The van der Waals surface area contributed by atoms with Crippen molar-refractivity contribution in [2.45, 2.75) is 98.8 Å². The number of ether oxygens (including phenoxy) is 8. The van der Waals surface area contributed by atoms with E-state index in [-0.39, 0.29) is 35.5 Å². The Hall–Kier alpha value is -5.60. The van der Waals surface area contributed by atoms with Gasteiger partial charge in [-0.05, 0) is 76.6 Å².